The second kappa shape index (κ2) is 16.8. The van der Waals surface area contributed by atoms with Crippen molar-refractivity contribution in [2.75, 3.05) is 0 Å². The molecule has 0 spiro atoms. The van der Waals surface area contributed by atoms with Gasteiger partial charge in [-0.2, -0.15) is 0 Å². The first-order chi connectivity index (χ1) is 32.8. The van der Waals surface area contributed by atoms with Crippen molar-refractivity contribution in [3.05, 3.63) is 266 Å². The molecule has 0 bridgehead atoms. The highest BCUT2D eigenvalue weighted by Gasteiger charge is 2.20. The molecule has 12 aromatic rings. The van der Waals surface area contributed by atoms with Crippen molar-refractivity contribution >= 4 is 55.2 Å². The van der Waals surface area contributed by atoms with Crippen LogP contribution in [-0.4, -0.2) is 0 Å². The smallest absolute Gasteiger partial charge is 0.00141 e. The molecule has 0 atom stereocenters. The van der Waals surface area contributed by atoms with Crippen LogP contribution in [0.15, 0.2) is 255 Å². The third-order valence-corrected chi connectivity index (χ3v) is 13.2. The van der Waals surface area contributed by atoms with Crippen LogP contribution in [0, 0.1) is 0 Å². The molecule has 0 aliphatic rings. The van der Waals surface area contributed by atoms with Gasteiger partial charge in [-0.25, -0.2) is 0 Å². The summed E-state index contributed by atoms with van der Waals surface area (Å²) in [5, 5.41) is 10.1. The minimum atomic E-state index is 1.15. The fraction of sp³-hybridized carbons (Fsp3) is 0. The molecule has 12 rings (SSSR count). The van der Waals surface area contributed by atoms with Crippen molar-refractivity contribution in [3.63, 3.8) is 0 Å². The second-order valence-electron chi connectivity index (χ2n) is 17.1. The van der Waals surface area contributed by atoms with E-state index in [1.807, 2.05) is 0 Å². The summed E-state index contributed by atoms with van der Waals surface area (Å²) < 4.78 is 0. The van der Waals surface area contributed by atoms with E-state index in [2.05, 4.69) is 267 Å². The molecule has 0 saturated heterocycles. The molecule has 0 amide bonds. The molecular formula is C66H44. The maximum atomic E-state index is 2.33. The van der Waals surface area contributed by atoms with E-state index in [1.165, 1.54) is 110 Å². The Hall–Kier alpha value is -8.58. The minimum Gasteiger partial charge on any atom is -0.0622 e. The van der Waals surface area contributed by atoms with E-state index in [9.17, 15) is 0 Å². The van der Waals surface area contributed by atoms with Crippen LogP contribution in [0.1, 0.15) is 11.1 Å². The monoisotopic (exact) mass is 836 g/mol. The zero-order valence-electron chi connectivity index (χ0n) is 36.4. The van der Waals surface area contributed by atoms with E-state index in [0.29, 0.717) is 0 Å². The Morgan fingerprint density at radius 2 is 0.515 bits per heavy atom. The van der Waals surface area contributed by atoms with Crippen LogP contribution < -0.4 is 0 Å². The van der Waals surface area contributed by atoms with Crippen LogP contribution in [-0.2, 0) is 0 Å². The highest BCUT2D eigenvalue weighted by Crippen LogP contribution is 2.48. The summed E-state index contributed by atoms with van der Waals surface area (Å²) in [5.74, 6) is 0. The van der Waals surface area contributed by atoms with Gasteiger partial charge in [-0.05, 0) is 133 Å². The minimum absolute atomic E-state index is 1.15. The number of hydrogen-bond acceptors (Lipinski definition) is 0. The van der Waals surface area contributed by atoms with E-state index in [1.54, 1.807) is 0 Å². The SMILES string of the molecule is C(=Cc1cccc(-c2cccc3c(-c4ccccc4)c4ccccc4c(-c4ccccc4)c23)c1)c1cccc(-c2ccc(-c3c4ccccc4c(-c4ccccc4)c4ccccc34)cc2)c1. The summed E-state index contributed by atoms with van der Waals surface area (Å²) in [6.07, 6.45) is 4.48. The van der Waals surface area contributed by atoms with Gasteiger partial charge in [0.25, 0.3) is 0 Å². The molecule has 0 fully saturated rings. The third-order valence-electron chi connectivity index (χ3n) is 13.2. The number of fused-ring (bicyclic) bond motifs is 4. The first kappa shape index (κ1) is 39.0. The molecule has 0 nitrogen and oxygen atoms in total. The third kappa shape index (κ3) is 6.97. The Morgan fingerprint density at radius 1 is 0.197 bits per heavy atom. The van der Waals surface area contributed by atoms with Gasteiger partial charge in [0.05, 0.1) is 0 Å². The number of rotatable bonds is 8. The number of hydrogen-bond donors (Lipinski definition) is 0. The van der Waals surface area contributed by atoms with Gasteiger partial charge >= 0.3 is 0 Å². The Labute approximate surface area is 386 Å². The molecule has 0 aromatic heterocycles. The predicted octanol–water partition coefficient (Wildman–Crippen LogP) is 18.5. The summed E-state index contributed by atoms with van der Waals surface area (Å²) >= 11 is 0. The van der Waals surface area contributed by atoms with Crippen molar-refractivity contribution in [2.24, 2.45) is 0 Å². The van der Waals surface area contributed by atoms with E-state index >= 15 is 0 Å². The standard InChI is InChI=1S/C66H44/c1-4-21-48(22-5-1)62-55-29-10-12-31-57(55)63(58-32-13-11-30-56(58)62)51-41-39-47(40-42-51)52-27-16-19-45(43-52)37-38-46-20-17-28-53(44-46)54-35-18-36-61-64(49-23-6-2-7-24-49)59-33-14-15-34-60(59)65(66(54)61)50-25-8-3-9-26-50/h1-44H. The van der Waals surface area contributed by atoms with Crippen LogP contribution in [0.3, 0.4) is 0 Å². The largest absolute Gasteiger partial charge is 0.0622 e. The fourth-order valence-corrected chi connectivity index (χ4v) is 10.3. The molecule has 0 saturated carbocycles. The van der Waals surface area contributed by atoms with Crippen LogP contribution >= 0.6 is 0 Å². The van der Waals surface area contributed by atoms with Gasteiger partial charge in [0.1, 0.15) is 0 Å². The summed E-state index contributed by atoms with van der Waals surface area (Å²) in [6.45, 7) is 0. The molecular weight excluding hydrogens is 793 g/mol. The van der Waals surface area contributed by atoms with Gasteiger partial charge in [0.15, 0.2) is 0 Å². The zero-order valence-corrected chi connectivity index (χ0v) is 36.4. The Balaban J connectivity index is 0.902. The lowest BCUT2D eigenvalue weighted by Gasteiger charge is -2.20. The lowest BCUT2D eigenvalue weighted by atomic mass is 9.83. The van der Waals surface area contributed by atoms with Crippen molar-refractivity contribution in [3.8, 4) is 66.8 Å². The van der Waals surface area contributed by atoms with Crippen molar-refractivity contribution in [2.45, 2.75) is 0 Å². The highest BCUT2D eigenvalue weighted by molar-refractivity contribution is 6.25. The molecule has 0 aliphatic heterocycles. The first-order valence-corrected chi connectivity index (χ1v) is 22.8. The molecule has 0 N–H and O–H groups in total. The van der Waals surface area contributed by atoms with Gasteiger partial charge in [-0.1, -0.05) is 255 Å². The molecule has 0 aliphatic carbocycles. The lowest BCUT2D eigenvalue weighted by molar-refractivity contribution is 1.59. The molecule has 0 heteroatoms. The Kier molecular flexibility index (Phi) is 9.97. The average molecular weight is 837 g/mol. The maximum absolute atomic E-state index is 2.33. The predicted molar refractivity (Wildman–Crippen MR) is 284 cm³/mol. The maximum Gasteiger partial charge on any atom is -0.00141 e. The molecule has 66 heavy (non-hydrogen) atoms. The van der Waals surface area contributed by atoms with Crippen LogP contribution in [0.2, 0.25) is 0 Å². The number of benzene rings is 12. The van der Waals surface area contributed by atoms with E-state index in [4.69, 9.17) is 0 Å². The zero-order chi connectivity index (χ0) is 43.8. The molecule has 0 heterocycles. The summed E-state index contributed by atoms with van der Waals surface area (Å²) in [6, 6.07) is 93.0. The molecule has 0 unspecified atom stereocenters. The van der Waals surface area contributed by atoms with E-state index < -0.39 is 0 Å². The van der Waals surface area contributed by atoms with E-state index in [0.717, 1.165) is 11.1 Å². The van der Waals surface area contributed by atoms with Gasteiger partial charge < -0.3 is 0 Å². The van der Waals surface area contributed by atoms with E-state index in [-0.39, 0.29) is 0 Å². The Morgan fingerprint density at radius 3 is 1.00 bits per heavy atom. The lowest BCUT2D eigenvalue weighted by Crippen LogP contribution is -1.93. The van der Waals surface area contributed by atoms with Crippen molar-refractivity contribution in [1.29, 1.82) is 0 Å². The molecule has 12 aromatic carbocycles. The van der Waals surface area contributed by atoms with Gasteiger partial charge in [-0.15, -0.1) is 0 Å². The first-order valence-electron chi connectivity index (χ1n) is 22.8. The van der Waals surface area contributed by atoms with Crippen LogP contribution in [0.5, 0.6) is 0 Å². The van der Waals surface area contributed by atoms with Gasteiger partial charge in [-0.3, -0.25) is 0 Å². The summed E-state index contributed by atoms with van der Waals surface area (Å²) in [5.41, 5.74) is 17.1. The van der Waals surface area contributed by atoms with Crippen LogP contribution in [0.25, 0.3) is 122 Å². The highest BCUT2D eigenvalue weighted by atomic mass is 14.2. The van der Waals surface area contributed by atoms with Gasteiger partial charge in [0.2, 0.25) is 0 Å². The average Bonchev–Trinajstić information content (AvgIpc) is 3.39. The Bertz CT molecular complexity index is 3710. The topological polar surface area (TPSA) is 0 Å². The normalized spacial score (nSPS) is 11.6. The van der Waals surface area contributed by atoms with Crippen molar-refractivity contribution in [1.82, 2.24) is 0 Å². The molecule has 308 valence electrons. The second-order valence-corrected chi connectivity index (χ2v) is 17.1. The molecule has 0 radical (unpaired) electrons. The van der Waals surface area contributed by atoms with Gasteiger partial charge in [0, 0.05) is 0 Å². The van der Waals surface area contributed by atoms with Crippen LogP contribution in [0.4, 0.5) is 0 Å². The summed E-state index contributed by atoms with van der Waals surface area (Å²) in [4.78, 5) is 0. The quantitative estimate of drug-likeness (QED) is 0.106. The summed E-state index contributed by atoms with van der Waals surface area (Å²) in [7, 11) is 0. The fourth-order valence-electron chi connectivity index (χ4n) is 10.3. The van der Waals surface area contributed by atoms with Crippen molar-refractivity contribution < 1.29 is 0 Å².